The van der Waals surface area contributed by atoms with Crippen LogP contribution in [0, 0.1) is 6.92 Å². The molecule has 0 saturated carbocycles. The average molecular weight is 201 g/mol. The van der Waals surface area contributed by atoms with Gasteiger partial charge >= 0.3 is 6.18 Å². The van der Waals surface area contributed by atoms with Crippen LogP contribution in [-0.4, -0.2) is 14.6 Å². The summed E-state index contributed by atoms with van der Waals surface area (Å²) < 4.78 is 38.7. The first-order valence-electron chi connectivity index (χ1n) is 3.85. The summed E-state index contributed by atoms with van der Waals surface area (Å²) in [4.78, 5) is 0. The summed E-state index contributed by atoms with van der Waals surface area (Å²) in [5.74, 6) is 0. The van der Waals surface area contributed by atoms with E-state index in [0.717, 1.165) is 6.07 Å². The molecule has 14 heavy (non-hydrogen) atoms. The van der Waals surface area contributed by atoms with E-state index in [-0.39, 0.29) is 11.2 Å². The van der Waals surface area contributed by atoms with Crippen molar-refractivity contribution in [1.82, 2.24) is 14.6 Å². The molecule has 0 atom stereocenters. The third kappa shape index (κ3) is 1.32. The van der Waals surface area contributed by atoms with Gasteiger partial charge in [-0.15, -0.1) is 10.2 Å². The van der Waals surface area contributed by atoms with E-state index in [1.165, 1.54) is 23.8 Å². The first-order valence-corrected chi connectivity index (χ1v) is 3.85. The largest absolute Gasteiger partial charge is 0.416 e. The third-order valence-corrected chi connectivity index (χ3v) is 1.94. The molecule has 0 unspecified atom stereocenters. The number of alkyl halides is 3. The van der Waals surface area contributed by atoms with Gasteiger partial charge in [-0.1, -0.05) is 0 Å². The van der Waals surface area contributed by atoms with Crippen LogP contribution in [0.3, 0.4) is 0 Å². The highest BCUT2D eigenvalue weighted by atomic mass is 19.4. The minimum Gasteiger partial charge on any atom is -0.289 e. The first kappa shape index (κ1) is 8.98. The first-order chi connectivity index (χ1) is 6.48. The van der Waals surface area contributed by atoms with Crippen LogP contribution in [0.15, 0.2) is 18.6 Å². The molecule has 0 N–H and O–H groups in total. The number of aromatic nitrogens is 3. The van der Waals surface area contributed by atoms with Crippen molar-refractivity contribution >= 4 is 5.65 Å². The zero-order valence-corrected chi connectivity index (χ0v) is 7.21. The maximum atomic E-state index is 12.4. The van der Waals surface area contributed by atoms with Crippen molar-refractivity contribution < 1.29 is 13.2 Å². The van der Waals surface area contributed by atoms with Gasteiger partial charge in [0.1, 0.15) is 6.33 Å². The quantitative estimate of drug-likeness (QED) is 0.653. The van der Waals surface area contributed by atoms with Gasteiger partial charge < -0.3 is 0 Å². The van der Waals surface area contributed by atoms with Crippen molar-refractivity contribution in [3.05, 3.63) is 29.7 Å². The number of halogens is 3. The number of hydrogen-bond acceptors (Lipinski definition) is 2. The van der Waals surface area contributed by atoms with Crippen molar-refractivity contribution in [1.29, 1.82) is 0 Å². The van der Waals surface area contributed by atoms with Crippen LogP contribution in [-0.2, 0) is 6.18 Å². The van der Waals surface area contributed by atoms with Gasteiger partial charge in [0.15, 0.2) is 5.65 Å². The topological polar surface area (TPSA) is 30.2 Å². The van der Waals surface area contributed by atoms with Gasteiger partial charge in [-0.05, 0) is 18.6 Å². The lowest BCUT2D eigenvalue weighted by atomic mass is 10.1. The number of pyridine rings is 1. The fourth-order valence-corrected chi connectivity index (χ4v) is 1.28. The average Bonchev–Trinajstić information content (AvgIpc) is 2.47. The van der Waals surface area contributed by atoms with E-state index < -0.39 is 11.7 Å². The van der Waals surface area contributed by atoms with Gasteiger partial charge in [0.05, 0.1) is 5.56 Å². The van der Waals surface area contributed by atoms with Crippen molar-refractivity contribution in [2.24, 2.45) is 0 Å². The third-order valence-electron chi connectivity index (χ3n) is 1.94. The summed E-state index contributed by atoms with van der Waals surface area (Å²) in [6.45, 7) is 1.41. The van der Waals surface area contributed by atoms with Gasteiger partial charge in [-0.2, -0.15) is 13.2 Å². The minimum atomic E-state index is -4.34. The second-order valence-electron chi connectivity index (χ2n) is 2.96. The molecule has 0 spiro atoms. The number of rotatable bonds is 0. The zero-order chi connectivity index (χ0) is 10.3. The predicted molar refractivity (Wildman–Crippen MR) is 42.7 cm³/mol. The highest BCUT2D eigenvalue weighted by Gasteiger charge is 2.32. The molecule has 0 radical (unpaired) electrons. The molecule has 0 bridgehead atoms. The van der Waals surface area contributed by atoms with Crippen LogP contribution in [0.2, 0.25) is 0 Å². The number of aryl methyl sites for hydroxylation is 1. The fourth-order valence-electron chi connectivity index (χ4n) is 1.28. The van der Waals surface area contributed by atoms with E-state index in [0.29, 0.717) is 0 Å². The van der Waals surface area contributed by atoms with E-state index in [9.17, 15) is 13.2 Å². The Kier molecular flexibility index (Phi) is 1.73. The molecule has 0 aromatic carbocycles. The monoisotopic (exact) mass is 201 g/mol. The van der Waals surface area contributed by atoms with E-state index >= 15 is 0 Å². The molecule has 74 valence electrons. The van der Waals surface area contributed by atoms with Gasteiger partial charge in [-0.25, -0.2) is 0 Å². The molecular formula is C8H6F3N3. The Morgan fingerprint density at radius 3 is 2.71 bits per heavy atom. The van der Waals surface area contributed by atoms with Crippen LogP contribution in [0.4, 0.5) is 13.2 Å². The molecular weight excluding hydrogens is 195 g/mol. The predicted octanol–water partition coefficient (Wildman–Crippen LogP) is 2.06. The van der Waals surface area contributed by atoms with Crippen molar-refractivity contribution in [2.75, 3.05) is 0 Å². The summed E-state index contributed by atoms with van der Waals surface area (Å²) in [6.07, 6.45) is -1.61. The molecule has 2 aromatic heterocycles. The lowest BCUT2D eigenvalue weighted by Crippen LogP contribution is -2.08. The highest BCUT2D eigenvalue weighted by Crippen LogP contribution is 2.31. The fraction of sp³-hybridized carbons (Fsp3) is 0.250. The molecule has 2 aromatic rings. The molecule has 0 aliphatic carbocycles. The van der Waals surface area contributed by atoms with E-state index in [1.54, 1.807) is 0 Å². The zero-order valence-electron chi connectivity index (χ0n) is 7.21. The number of fused-ring (bicyclic) bond motifs is 1. The van der Waals surface area contributed by atoms with E-state index in [4.69, 9.17) is 0 Å². The van der Waals surface area contributed by atoms with Gasteiger partial charge in [-0.3, -0.25) is 4.40 Å². The van der Waals surface area contributed by atoms with Crippen molar-refractivity contribution in [3.63, 3.8) is 0 Å². The van der Waals surface area contributed by atoms with Gasteiger partial charge in [0.25, 0.3) is 0 Å². The Morgan fingerprint density at radius 1 is 1.36 bits per heavy atom. The second kappa shape index (κ2) is 2.70. The normalized spacial score (nSPS) is 12.3. The van der Waals surface area contributed by atoms with E-state index in [1.807, 2.05) is 0 Å². The molecule has 6 heteroatoms. The summed E-state index contributed by atoms with van der Waals surface area (Å²) in [7, 11) is 0. The van der Waals surface area contributed by atoms with Crippen LogP contribution >= 0.6 is 0 Å². The lowest BCUT2D eigenvalue weighted by molar-refractivity contribution is -0.138. The Labute approximate surface area is 77.2 Å². The Bertz CT molecular complexity index is 472. The molecule has 2 rings (SSSR count). The minimum absolute atomic E-state index is 0.157. The van der Waals surface area contributed by atoms with Crippen LogP contribution in [0.1, 0.15) is 11.1 Å². The highest BCUT2D eigenvalue weighted by molar-refractivity contribution is 5.44. The standard InChI is InChI=1S/C8H6F3N3/c1-5-3-14-4-12-13-7(14)2-6(5)8(9,10)11/h2-4H,1H3. The van der Waals surface area contributed by atoms with E-state index in [2.05, 4.69) is 10.2 Å². The Morgan fingerprint density at radius 2 is 2.07 bits per heavy atom. The summed E-state index contributed by atoms with van der Waals surface area (Å²) in [6, 6.07) is 0.988. The van der Waals surface area contributed by atoms with Gasteiger partial charge in [0.2, 0.25) is 0 Å². The lowest BCUT2D eigenvalue weighted by Gasteiger charge is -2.09. The Hall–Kier alpha value is -1.59. The molecule has 0 aliphatic heterocycles. The smallest absolute Gasteiger partial charge is 0.289 e. The second-order valence-corrected chi connectivity index (χ2v) is 2.96. The maximum Gasteiger partial charge on any atom is 0.416 e. The summed E-state index contributed by atoms with van der Waals surface area (Å²) in [5.41, 5.74) is -0.314. The summed E-state index contributed by atoms with van der Waals surface area (Å²) >= 11 is 0. The number of hydrogen-bond donors (Lipinski definition) is 0. The van der Waals surface area contributed by atoms with Crippen LogP contribution in [0.5, 0.6) is 0 Å². The van der Waals surface area contributed by atoms with Gasteiger partial charge in [0, 0.05) is 6.20 Å². The van der Waals surface area contributed by atoms with Crippen molar-refractivity contribution in [2.45, 2.75) is 13.1 Å². The molecule has 0 aliphatic rings. The maximum absolute atomic E-state index is 12.4. The molecule has 0 fully saturated rings. The summed E-state index contributed by atoms with van der Waals surface area (Å²) in [5, 5.41) is 7.06. The molecule has 2 heterocycles. The Balaban J connectivity index is 2.71. The van der Waals surface area contributed by atoms with Crippen LogP contribution < -0.4 is 0 Å². The SMILES string of the molecule is Cc1cn2cnnc2cc1C(F)(F)F. The number of nitrogens with zero attached hydrogens (tertiary/aromatic N) is 3. The molecule has 0 amide bonds. The molecule has 3 nitrogen and oxygen atoms in total. The molecule has 0 saturated heterocycles. The van der Waals surface area contributed by atoms with Crippen molar-refractivity contribution in [3.8, 4) is 0 Å². The van der Waals surface area contributed by atoms with Crippen LogP contribution in [0.25, 0.3) is 5.65 Å².